The summed E-state index contributed by atoms with van der Waals surface area (Å²) in [5.41, 5.74) is 0. The summed E-state index contributed by atoms with van der Waals surface area (Å²) < 4.78 is 5.29. The molecule has 5 nitrogen and oxygen atoms in total. The van der Waals surface area contributed by atoms with Crippen LogP contribution in [-0.2, 0) is 9.53 Å². The third kappa shape index (κ3) is 2.53. The van der Waals surface area contributed by atoms with E-state index in [-0.39, 0.29) is 18.1 Å². The van der Waals surface area contributed by atoms with Crippen LogP contribution in [0, 0.1) is 0 Å². The lowest BCUT2D eigenvalue weighted by Crippen LogP contribution is -2.53. The summed E-state index contributed by atoms with van der Waals surface area (Å²) in [6.07, 6.45) is 3.73. The smallest absolute Gasteiger partial charge is 0.239 e. The van der Waals surface area contributed by atoms with Crippen LogP contribution in [0.5, 0.6) is 0 Å². The minimum atomic E-state index is -0.0255. The first-order chi connectivity index (χ1) is 8.78. The van der Waals surface area contributed by atoms with Crippen molar-refractivity contribution in [3.63, 3.8) is 0 Å². The summed E-state index contributed by atoms with van der Waals surface area (Å²) in [7, 11) is 1.72. The molecule has 102 valence electrons. The van der Waals surface area contributed by atoms with Gasteiger partial charge < -0.3 is 15.0 Å². The van der Waals surface area contributed by atoms with Gasteiger partial charge in [-0.3, -0.25) is 9.69 Å². The van der Waals surface area contributed by atoms with Crippen molar-refractivity contribution in [3.8, 4) is 0 Å². The number of hydrogen-bond donors (Lipinski definition) is 1. The Morgan fingerprint density at radius 1 is 1.22 bits per heavy atom. The van der Waals surface area contributed by atoms with Gasteiger partial charge in [0.1, 0.15) is 0 Å². The topological polar surface area (TPSA) is 44.8 Å². The standard InChI is InChI=1S/C13H23N3O2/c1-18-11-8-12(14-9-11)13(17)16-6-4-15(5-7-16)10-2-3-10/h10-12,14H,2-9H2,1H3. The third-order valence-corrected chi connectivity index (χ3v) is 4.41. The van der Waals surface area contributed by atoms with Crippen molar-refractivity contribution in [3.05, 3.63) is 0 Å². The number of piperazine rings is 1. The number of rotatable bonds is 3. The molecule has 3 rings (SSSR count). The Balaban J connectivity index is 1.48. The highest BCUT2D eigenvalue weighted by atomic mass is 16.5. The zero-order chi connectivity index (χ0) is 12.5. The van der Waals surface area contributed by atoms with E-state index >= 15 is 0 Å². The molecule has 1 amide bonds. The first-order valence-corrected chi connectivity index (χ1v) is 7.07. The van der Waals surface area contributed by atoms with Gasteiger partial charge in [0.15, 0.2) is 0 Å². The highest BCUT2D eigenvalue weighted by Gasteiger charge is 2.36. The second kappa shape index (κ2) is 5.15. The van der Waals surface area contributed by atoms with Crippen molar-refractivity contribution in [1.29, 1.82) is 0 Å². The normalized spacial score (nSPS) is 33.9. The second-order valence-electron chi connectivity index (χ2n) is 5.65. The van der Waals surface area contributed by atoms with Crippen LogP contribution < -0.4 is 5.32 Å². The van der Waals surface area contributed by atoms with Crippen LogP contribution >= 0.6 is 0 Å². The number of ether oxygens (including phenoxy) is 1. The molecular weight excluding hydrogens is 230 g/mol. The molecular formula is C13H23N3O2. The molecule has 2 heterocycles. The fourth-order valence-corrected chi connectivity index (χ4v) is 3.04. The molecule has 0 aromatic heterocycles. The molecule has 0 bridgehead atoms. The SMILES string of the molecule is COC1CNC(C(=O)N2CCN(C3CC3)CC2)C1. The predicted molar refractivity (Wildman–Crippen MR) is 68.4 cm³/mol. The van der Waals surface area contributed by atoms with E-state index in [0.717, 1.165) is 45.2 Å². The third-order valence-electron chi connectivity index (χ3n) is 4.41. The minimum absolute atomic E-state index is 0.0255. The first-order valence-electron chi connectivity index (χ1n) is 7.07. The van der Waals surface area contributed by atoms with E-state index in [2.05, 4.69) is 10.2 Å². The molecule has 0 aromatic rings. The zero-order valence-corrected chi connectivity index (χ0v) is 11.1. The molecule has 3 aliphatic rings. The molecule has 1 N–H and O–H groups in total. The summed E-state index contributed by atoms with van der Waals surface area (Å²) in [5, 5.41) is 3.27. The van der Waals surface area contributed by atoms with Crippen molar-refractivity contribution >= 4 is 5.91 Å². The summed E-state index contributed by atoms with van der Waals surface area (Å²) in [4.78, 5) is 16.9. The highest BCUT2D eigenvalue weighted by Crippen LogP contribution is 2.27. The number of nitrogens with one attached hydrogen (secondary N) is 1. The van der Waals surface area contributed by atoms with E-state index in [1.165, 1.54) is 12.8 Å². The highest BCUT2D eigenvalue weighted by molar-refractivity contribution is 5.82. The van der Waals surface area contributed by atoms with Crippen LogP contribution in [0.15, 0.2) is 0 Å². The minimum Gasteiger partial charge on any atom is -0.380 e. The van der Waals surface area contributed by atoms with Crippen molar-refractivity contribution < 1.29 is 9.53 Å². The van der Waals surface area contributed by atoms with Gasteiger partial charge in [0.25, 0.3) is 0 Å². The molecule has 0 aromatic carbocycles. The number of hydrogen-bond acceptors (Lipinski definition) is 4. The van der Waals surface area contributed by atoms with Gasteiger partial charge in [-0.25, -0.2) is 0 Å². The number of methoxy groups -OCH3 is 1. The van der Waals surface area contributed by atoms with Gasteiger partial charge in [-0.2, -0.15) is 0 Å². The molecule has 1 saturated carbocycles. The zero-order valence-electron chi connectivity index (χ0n) is 11.1. The van der Waals surface area contributed by atoms with Crippen molar-refractivity contribution in [1.82, 2.24) is 15.1 Å². The van der Waals surface area contributed by atoms with E-state index in [1.807, 2.05) is 4.90 Å². The number of carbonyl (C=O) groups is 1. The van der Waals surface area contributed by atoms with Gasteiger partial charge in [-0.15, -0.1) is 0 Å². The number of nitrogens with zero attached hydrogens (tertiary/aromatic N) is 2. The lowest BCUT2D eigenvalue weighted by Gasteiger charge is -2.36. The Morgan fingerprint density at radius 2 is 1.94 bits per heavy atom. The van der Waals surface area contributed by atoms with Crippen LogP contribution in [0.25, 0.3) is 0 Å². The molecule has 2 atom stereocenters. The van der Waals surface area contributed by atoms with Gasteiger partial charge in [-0.05, 0) is 19.3 Å². The van der Waals surface area contributed by atoms with Gasteiger partial charge in [0, 0.05) is 45.9 Å². The van der Waals surface area contributed by atoms with E-state index in [9.17, 15) is 4.79 Å². The average Bonchev–Trinajstić information content (AvgIpc) is 3.16. The summed E-state index contributed by atoms with van der Waals surface area (Å²) in [6, 6.07) is 0.798. The van der Waals surface area contributed by atoms with Gasteiger partial charge >= 0.3 is 0 Å². The predicted octanol–water partition coefficient (Wildman–Crippen LogP) is -0.330. The maximum Gasteiger partial charge on any atom is 0.239 e. The maximum atomic E-state index is 12.3. The van der Waals surface area contributed by atoms with Crippen LogP contribution in [0.1, 0.15) is 19.3 Å². The molecule has 1 aliphatic carbocycles. The quantitative estimate of drug-likeness (QED) is 0.748. The van der Waals surface area contributed by atoms with Crippen LogP contribution in [0.4, 0.5) is 0 Å². The molecule has 2 aliphatic heterocycles. The maximum absolute atomic E-state index is 12.3. The fraction of sp³-hybridized carbons (Fsp3) is 0.923. The van der Waals surface area contributed by atoms with E-state index in [0.29, 0.717) is 0 Å². The van der Waals surface area contributed by atoms with Gasteiger partial charge in [0.05, 0.1) is 12.1 Å². The molecule has 2 unspecified atom stereocenters. The van der Waals surface area contributed by atoms with Crippen LogP contribution in [-0.4, -0.2) is 73.7 Å². The van der Waals surface area contributed by atoms with Crippen LogP contribution in [0.2, 0.25) is 0 Å². The van der Waals surface area contributed by atoms with Crippen molar-refractivity contribution in [2.75, 3.05) is 39.8 Å². The first kappa shape index (κ1) is 12.4. The van der Waals surface area contributed by atoms with E-state index in [4.69, 9.17) is 4.74 Å². The average molecular weight is 253 g/mol. The Kier molecular flexibility index (Phi) is 3.54. The van der Waals surface area contributed by atoms with E-state index < -0.39 is 0 Å². The summed E-state index contributed by atoms with van der Waals surface area (Å²) in [5.74, 6) is 0.269. The lowest BCUT2D eigenvalue weighted by molar-refractivity contribution is -0.135. The Bertz CT molecular complexity index is 311. The van der Waals surface area contributed by atoms with Crippen molar-refractivity contribution in [2.45, 2.75) is 37.5 Å². The van der Waals surface area contributed by atoms with Gasteiger partial charge in [0.2, 0.25) is 5.91 Å². The summed E-state index contributed by atoms with van der Waals surface area (Å²) >= 11 is 0. The fourth-order valence-electron chi connectivity index (χ4n) is 3.04. The Labute approximate surface area is 108 Å². The monoisotopic (exact) mass is 253 g/mol. The second-order valence-corrected chi connectivity index (χ2v) is 5.65. The van der Waals surface area contributed by atoms with Crippen molar-refractivity contribution in [2.24, 2.45) is 0 Å². The lowest BCUT2D eigenvalue weighted by atomic mass is 10.1. The molecule has 5 heteroatoms. The Morgan fingerprint density at radius 3 is 2.50 bits per heavy atom. The molecule has 0 spiro atoms. The molecule has 2 saturated heterocycles. The van der Waals surface area contributed by atoms with E-state index in [1.54, 1.807) is 7.11 Å². The van der Waals surface area contributed by atoms with Crippen LogP contribution in [0.3, 0.4) is 0 Å². The molecule has 18 heavy (non-hydrogen) atoms. The molecule has 3 fully saturated rings. The summed E-state index contributed by atoms with van der Waals surface area (Å²) in [6.45, 7) is 4.69. The number of carbonyl (C=O) groups excluding carboxylic acids is 1. The Hall–Kier alpha value is -0.650. The van der Waals surface area contributed by atoms with Gasteiger partial charge in [-0.1, -0.05) is 0 Å². The molecule has 0 radical (unpaired) electrons. The number of amides is 1. The largest absolute Gasteiger partial charge is 0.380 e.